The van der Waals surface area contributed by atoms with Crippen molar-refractivity contribution in [3.63, 3.8) is 0 Å². The van der Waals surface area contributed by atoms with E-state index in [9.17, 15) is 4.79 Å². The first-order chi connectivity index (χ1) is 8.52. The monoisotopic (exact) mass is 312 g/mol. The molecule has 5 heteroatoms. The number of carbonyl (C=O) groups excluding carboxylic acids is 1. The van der Waals surface area contributed by atoms with Crippen molar-refractivity contribution in [1.82, 2.24) is 5.32 Å². The van der Waals surface area contributed by atoms with Crippen molar-refractivity contribution in [1.29, 1.82) is 0 Å². The average Bonchev–Trinajstić information content (AvgIpc) is 2.70. The fraction of sp³-hybridized carbons (Fsp3) is 0.462. The van der Waals surface area contributed by atoms with Crippen LogP contribution in [0.5, 0.6) is 0 Å². The van der Waals surface area contributed by atoms with Crippen LogP contribution in [0.15, 0.2) is 28.7 Å². The molecule has 1 heterocycles. The predicted molar refractivity (Wildman–Crippen MR) is 72.9 cm³/mol. The van der Waals surface area contributed by atoms with E-state index in [1.165, 1.54) is 0 Å². The average molecular weight is 313 g/mol. The molecule has 1 aliphatic heterocycles. The maximum absolute atomic E-state index is 12.1. The standard InChI is InChI=1S/C13H17BrN2O2/c1-13(8-18-7-11(13)15)12(17)16-6-9-2-4-10(14)5-3-9/h2-5,11H,6-8,15H2,1H3,(H,16,17). The molecule has 2 atom stereocenters. The molecule has 18 heavy (non-hydrogen) atoms. The van der Waals surface area contributed by atoms with Gasteiger partial charge in [-0.05, 0) is 24.6 Å². The smallest absolute Gasteiger partial charge is 0.230 e. The summed E-state index contributed by atoms with van der Waals surface area (Å²) in [6.45, 7) is 3.19. The van der Waals surface area contributed by atoms with E-state index in [1.54, 1.807) is 0 Å². The van der Waals surface area contributed by atoms with Gasteiger partial charge in [-0.25, -0.2) is 0 Å². The van der Waals surface area contributed by atoms with Gasteiger partial charge in [0, 0.05) is 17.1 Å². The maximum Gasteiger partial charge on any atom is 0.230 e. The summed E-state index contributed by atoms with van der Waals surface area (Å²) in [5.41, 5.74) is 6.35. The molecule has 0 aromatic heterocycles. The molecule has 0 aliphatic carbocycles. The molecule has 2 unspecified atom stereocenters. The van der Waals surface area contributed by atoms with Crippen molar-refractivity contribution >= 4 is 21.8 Å². The number of hydrogen-bond acceptors (Lipinski definition) is 3. The molecular weight excluding hydrogens is 296 g/mol. The van der Waals surface area contributed by atoms with Gasteiger partial charge >= 0.3 is 0 Å². The van der Waals surface area contributed by atoms with Crippen LogP contribution in [0.1, 0.15) is 12.5 Å². The van der Waals surface area contributed by atoms with Crippen molar-refractivity contribution in [2.45, 2.75) is 19.5 Å². The lowest BCUT2D eigenvalue weighted by atomic mass is 9.85. The van der Waals surface area contributed by atoms with Gasteiger partial charge in [0.05, 0.1) is 18.6 Å². The molecule has 1 aromatic rings. The number of hydrogen-bond donors (Lipinski definition) is 2. The highest BCUT2D eigenvalue weighted by atomic mass is 79.9. The molecule has 3 N–H and O–H groups in total. The Morgan fingerprint density at radius 1 is 1.56 bits per heavy atom. The van der Waals surface area contributed by atoms with E-state index in [0.29, 0.717) is 19.8 Å². The summed E-state index contributed by atoms with van der Waals surface area (Å²) in [5.74, 6) is -0.0459. The van der Waals surface area contributed by atoms with Gasteiger partial charge in [-0.3, -0.25) is 4.79 Å². The molecular formula is C13H17BrN2O2. The number of benzene rings is 1. The molecule has 1 saturated heterocycles. The van der Waals surface area contributed by atoms with Crippen molar-refractivity contribution in [2.24, 2.45) is 11.1 Å². The van der Waals surface area contributed by atoms with E-state index in [0.717, 1.165) is 10.0 Å². The van der Waals surface area contributed by atoms with E-state index >= 15 is 0 Å². The molecule has 1 fully saturated rings. The lowest BCUT2D eigenvalue weighted by molar-refractivity contribution is -0.130. The Bertz CT molecular complexity index is 435. The second kappa shape index (κ2) is 5.38. The fourth-order valence-electron chi connectivity index (χ4n) is 1.91. The molecule has 98 valence electrons. The molecule has 0 spiro atoms. The van der Waals surface area contributed by atoms with Gasteiger partial charge in [0.15, 0.2) is 0 Å². The lowest BCUT2D eigenvalue weighted by Gasteiger charge is -2.25. The van der Waals surface area contributed by atoms with Crippen LogP contribution < -0.4 is 11.1 Å². The van der Waals surface area contributed by atoms with Crippen LogP contribution in [0, 0.1) is 5.41 Å². The second-order valence-corrected chi connectivity index (χ2v) is 5.76. The Morgan fingerprint density at radius 2 is 2.22 bits per heavy atom. The van der Waals surface area contributed by atoms with E-state index in [2.05, 4.69) is 21.2 Å². The Kier molecular flexibility index (Phi) is 4.04. The topological polar surface area (TPSA) is 64.3 Å². The highest BCUT2D eigenvalue weighted by Gasteiger charge is 2.44. The van der Waals surface area contributed by atoms with Crippen molar-refractivity contribution in [2.75, 3.05) is 13.2 Å². The number of nitrogens with one attached hydrogen (secondary N) is 1. The van der Waals surface area contributed by atoms with Gasteiger partial charge in [-0.15, -0.1) is 0 Å². The third-order valence-corrected chi connectivity index (χ3v) is 3.93. The summed E-state index contributed by atoms with van der Waals surface area (Å²) < 4.78 is 6.29. The minimum absolute atomic E-state index is 0.0459. The summed E-state index contributed by atoms with van der Waals surface area (Å²) in [6.07, 6.45) is 0. The maximum atomic E-state index is 12.1. The van der Waals surface area contributed by atoms with E-state index in [-0.39, 0.29) is 11.9 Å². The Hall–Kier alpha value is -0.910. The van der Waals surface area contributed by atoms with Crippen LogP contribution in [-0.4, -0.2) is 25.2 Å². The molecule has 0 saturated carbocycles. The lowest BCUT2D eigenvalue weighted by Crippen LogP contribution is -2.49. The number of rotatable bonds is 3. The summed E-state index contributed by atoms with van der Waals surface area (Å²) in [6, 6.07) is 7.61. The SMILES string of the molecule is CC1(C(=O)NCc2ccc(Br)cc2)COCC1N. The number of amides is 1. The van der Waals surface area contributed by atoms with Crippen LogP contribution in [0.25, 0.3) is 0 Å². The van der Waals surface area contributed by atoms with Crippen molar-refractivity contribution < 1.29 is 9.53 Å². The Balaban J connectivity index is 1.94. The van der Waals surface area contributed by atoms with Crippen LogP contribution >= 0.6 is 15.9 Å². The minimum Gasteiger partial charge on any atom is -0.379 e. The van der Waals surface area contributed by atoms with Crippen molar-refractivity contribution in [3.05, 3.63) is 34.3 Å². The van der Waals surface area contributed by atoms with E-state index < -0.39 is 5.41 Å². The molecule has 1 amide bonds. The molecule has 0 bridgehead atoms. The highest BCUT2D eigenvalue weighted by Crippen LogP contribution is 2.27. The molecule has 4 nitrogen and oxygen atoms in total. The summed E-state index contributed by atoms with van der Waals surface area (Å²) >= 11 is 3.38. The van der Waals surface area contributed by atoms with Crippen LogP contribution in [-0.2, 0) is 16.1 Å². The number of ether oxygens (including phenoxy) is 1. The number of carbonyl (C=O) groups is 1. The van der Waals surface area contributed by atoms with Crippen LogP contribution in [0.4, 0.5) is 0 Å². The van der Waals surface area contributed by atoms with Gasteiger partial charge < -0.3 is 15.8 Å². The van der Waals surface area contributed by atoms with E-state index in [1.807, 2.05) is 31.2 Å². The fourth-order valence-corrected chi connectivity index (χ4v) is 2.17. The van der Waals surface area contributed by atoms with Gasteiger partial charge in [0.2, 0.25) is 5.91 Å². The zero-order chi connectivity index (χ0) is 13.2. The number of nitrogens with two attached hydrogens (primary N) is 1. The van der Waals surface area contributed by atoms with Gasteiger partial charge in [0.25, 0.3) is 0 Å². The van der Waals surface area contributed by atoms with Crippen molar-refractivity contribution in [3.8, 4) is 0 Å². The summed E-state index contributed by atoms with van der Waals surface area (Å²) in [4.78, 5) is 12.1. The largest absolute Gasteiger partial charge is 0.379 e. The molecule has 2 rings (SSSR count). The summed E-state index contributed by atoms with van der Waals surface area (Å²) in [5, 5.41) is 2.92. The quantitative estimate of drug-likeness (QED) is 0.887. The number of halogens is 1. The van der Waals surface area contributed by atoms with Gasteiger partial charge in [-0.2, -0.15) is 0 Å². The first-order valence-corrected chi connectivity index (χ1v) is 6.68. The van der Waals surface area contributed by atoms with Gasteiger partial charge in [0.1, 0.15) is 0 Å². The minimum atomic E-state index is -0.616. The zero-order valence-corrected chi connectivity index (χ0v) is 11.9. The Morgan fingerprint density at radius 3 is 2.78 bits per heavy atom. The van der Waals surface area contributed by atoms with E-state index in [4.69, 9.17) is 10.5 Å². The third kappa shape index (κ3) is 2.74. The summed E-state index contributed by atoms with van der Waals surface area (Å²) in [7, 11) is 0. The molecule has 0 radical (unpaired) electrons. The van der Waals surface area contributed by atoms with Crippen LogP contribution in [0.3, 0.4) is 0 Å². The second-order valence-electron chi connectivity index (χ2n) is 4.85. The van der Waals surface area contributed by atoms with Gasteiger partial charge in [-0.1, -0.05) is 28.1 Å². The first kappa shape index (κ1) is 13.5. The third-order valence-electron chi connectivity index (χ3n) is 3.40. The zero-order valence-electron chi connectivity index (χ0n) is 10.3. The van der Waals surface area contributed by atoms with Crippen LogP contribution in [0.2, 0.25) is 0 Å². The molecule has 1 aliphatic rings. The normalized spacial score (nSPS) is 27.2. The predicted octanol–water partition coefficient (Wildman–Crippen LogP) is 1.43. The Labute approximate surface area is 115 Å². The highest BCUT2D eigenvalue weighted by molar-refractivity contribution is 9.10. The first-order valence-electron chi connectivity index (χ1n) is 5.88. The molecule has 1 aromatic carbocycles.